The molecule has 2 aliphatic rings. The first-order valence-corrected chi connectivity index (χ1v) is 9.80. The van der Waals surface area contributed by atoms with Gasteiger partial charge in [-0.15, -0.1) is 0 Å². The van der Waals surface area contributed by atoms with Crippen LogP contribution in [0, 0.1) is 0 Å². The maximum Gasteiger partial charge on any atom is 0.319 e. The van der Waals surface area contributed by atoms with Crippen LogP contribution >= 0.6 is 0 Å². The number of carbonyl (C=O) groups excluding carboxylic acids is 1. The Hall–Kier alpha value is -2.49. The van der Waals surface area contributed by atoms with Crippen LogP contribution < -0.4 is 15.5 Å². The summed E-state index contributed by atoms with van der Waals surface area (Å²) < 4.78 is 0. The Kier molecular flexibility index (Phi) is 5.09. The van der Waals surface area contributed by atoms with Crippen LogP contribution in [0.4, 0.5) is 16.2 Å². The average molecular weight is 349 g/mol. The molecule has 1 fully saturated rings. The van der Waals surface area contributed by atoms with Gasteiger partial charge in [0.15, 0.2) is 0 Å². The fourth-order valence-electron chi connectivity index (χ4n) is 4.16. The fourth-order valence-corrected chi connectivity index (χ4v) is 4.16. The van der Waals surface area contributed by atoms with Crippen molar-refractivity contribution in [1.82, 2.24) is 5.32 Å². The number of anilines is 2. The maximum absolute atomic E-state index is 12.5. The average Bonchev–Trinajstić information content (AvgIpc) is 2.69. The lowest BCUT2D eigenvalue weighted by Crippen LogP contribution is -2.34. The smallest absolute Gasteiger partial charge is 0.319 e. The van der Waals surface area contributed by atoms with Crippen LogP contribution in [0.3, 0.4) is 0 Å². The molecule has 2 aromatic rings. The fraction of sp³-hybridized carbons (Fsp3) is 0.409. The molecule has 4 rings (SSSR count). The standard InChI is InChI=1S/C22H27N3O/c26-22(24-21-13-6-9-17-8-2-3-12-20(17)21)23-18-10-7-11-19(16-18)25-14-4-1-5-15-25/h2-3,7-8,10-12,16,21H,1,4-6,9,13-15H2,(H2,23,24,26)/t21-/m0/s1. The van der Waals surface area contributed by atoms with E-state index < -0.39 is 0 Å². The summed E-state index contributed by atoms with van der Waals surface area (Å²) >= 11 is 0. The summed E-state index contributed by atoms with van der Waals surface area (Å²) in [6.07, 6.45) is 7.04. The normalized spacial score (nSPS) is 19.5. The van der Waals surface area contributed by atoms with Crippen molar-refractivity contribution in [1.29, 1.82) is 0 Å². The van der Waals surface area contributed by atoms with Crippen molar-refractivity contribution < 1.29 is 4.79 Å². The van der Waals surface area contributed by atoms with Gasteiger partial charge in [-0.1, -0.05) is 30.3 Å². The van der Waals surface area contributed by atoms with Crippen LogP contribution in [0.15, 0.2) is 48.5 Å². The first kappa shape index (κ1) is 17.0. The molecule has 2 N–H and O–H groups in total. The lowest BCUT2D eigenvalue weighted by atomic mass is 9.88. The Morgan fingerprint density at radius 1 is 0.962 bits per heavy atom. The molecule has 26 heavy (non-hydrogen) atoms. The summed E-state index contributed by atoms with van der Waals surface area (Å²) in [5.74, 6) is 0. The molecule has 136 valence electrons. The zero-order chi connectivity index (χ0) is 17.8. The number of hydrogen-bond donors (Lipinski definition) is 2. The second-order valence-electron chi connectivity index (χ2n) is 7.34. The van der Waals surface area contributed by atoms with Crippen molar-refractivity contribution in [3.63, 3.8) is 0 Å². The number of fused-ring (bicyclic) bond motifs is 1. The summed E-state index contributed by atoms with van der Waals surface area (Å²) in [6.45, 7) is 2.21. The molecule has 0 unspecified atom stereocenters. The number of carbonyl (C=O) groups is 1. The zero-order valence-corrected chi connectivity index (χ0v) is 15.2. The van der Waals surface area contributed by atoms with Crippen molar-refractivity contribution in [3.8, 4) is 0 Å². The molecular weight excluding hydrogens is 322 g/mol. The molecule has 2 aromatic carbocycles. The quantitative estimate of drug-likeness (QED) is 0.830. The molecule has 1 saturated heterocycles. The molecule has 0 bridgehead atoms. The molecule has 1 aliphatic heterocycles. The lowest BCUT2D eigenvalue weighted by Gasteiger charge is -2.29. The molecule has 1 atom stereocenters. The number of piperidine rings is 1. The van der Waals surface area contributed by atoms with Gasteiger partial charge in [0.25, 0.3) is 0 Å². The number of rotatable bonds is 3. The number of hydrogen-bond acceptors (Lipinski definition) is 2. The summed E-state index contributed by atoms with van der Waals surface area (Å²) in [5, 5.41) is 6.18. The number of benzene rings is 2. The second kappa shape index (κ2) is 7.81. The van der Waals surface area contributed by atoms with E-state index in [2.05, 4.69) is 51.9 Å². The number of nitrogens with zero attached hydrogens (tertiary/aromatic N) is 1. The van der Waals surface area contributed by atoms with Crippen LogP contribution in [0.5, 0.6) is 0 Å². The Balaban J connectivity index is 1.41. The van der Waals surface area contributed by atoms with Crippen molar-refractivity contribution in [2.45, 2.75) is 44.6 Å². The SMILES string of the molecule is O=C(Nc1cccc(N2CCCCC2)c1)N[C@H]1CCCc2ccccc21. The van der Waals surface area contributed by atoms with Crippen molar-refractivity contribution in [3.05, 3.63) is 59.7 Å². The highest BCUT2D eigenvalue weighted by Crippen LogP contribution is 2.29. The van der Waals surface area contributed by atoms with Crippen LogP contribution in [0.1, 0.15) is 49.3 Å². The van der Waals surface area contributed by atoms with E-state index in [1.54, 1.807) is 0 Å². The summed E-state index contributed by atoms with van der Waals surface area (Å²) in [5.41, 5.74) is 4.67. The molecule has 0 spiro atoms. The summed E-state index contributed by atoms with van der Waals surface area (Å²) in [6, 6.07) is 16.6. The first-order valence-electron chi connectivity index (χ1n) is 9.80. The van der Waals surface area contributed by atoms with Crippen LogP contribution in [0.2, 0.25) is 0 Å². The van der Waals surface area contributed by atoms with E-state index >= 15 is 0 Å². The third kappa shape index (κ3) is 3.85. The van der Waals surface area contributed by atoms with E-state index in [-0.39, 0.29) is 12.1 Å². The Labute approximate surface area is 155 Å². The minimum Gasteiger partial charge on any atom is -0.371 e. The predicted molar refractivity (Wildman–Crippen MR) is 107 cm³/mol. The second-order valence-corrected chi connectivity index (χ2v) is 7.34. The van der Waals surface area contributed by atoms with E-state index in [4.69, 9.17) is 0 Å². The van der Waals surface area contributed by atoms with Gasteiger partial charge in [0, 0.05) is 24.5 Å². The third-order valence-electron chi connectivity index (χ3n) is 5.50. The first-order chi connectivity index (χ1) is 12.8. The number of amides is 2. The van der Waals surface area contributed by atoms with Crippen molar-refractivity contribution in [2.24, 2.45) is 0 Å². The minimum absolute atomic E-state index is 0.102. The maximum atomic E-state index is 12.5. The van der Waals surface area contributed by atoms with Crippen molar-refractivity contribution in [2.75, 3.05) is 23.3 Å². The molecular formula is C22H27N3O. The predicted octanol–water partition coefficient (Wildman–Crippen LogP) is 4.88. The number of aryl methyl sites for hydroxylation is 1. The number of urea groups is 1. The van der Waals surface area contributed by atoms with Gasteiger partial charge in [0.05, 0.1) is 6.04 Å². The number of nitrogens with one attached hydrogen (secondary N) is 2. The van der Waals surface area contributed by atoms with Gasteiger partial charge in [-0.05, 0) is 67.9 Å². The molecule has 0 saturated carbocycles. The minimum atomic E-state index is -0.123. The van der Waals surface area contributed by atoms with E-state index in [1.165, 1.54) is 36.1 Å². The van der Waals surface area contributed by atoms with Crippen LogP contribution in [-0.4, -0.2) is 19.1 Å². The van der Waals surface area contributed by atoms with Crippen LogP contribution in [0.25, 0.3) is 0 Å². The van der Waals surface area contributed by atoms with E-state index in [0.29, 0.717) is 0 Å². The molecule has 0 radical (unpaired) electrons. The van der Waals surface area contributed by atoms with Gasteiger partial charge < -0.3 is 15.5 Å². The molecule has 4 nitrogen and oxygen atoms in total. The third-order valence-corrected chi connectivity index (χ3v) is 5.50. The Morgan fingerprint density at radius 3 is 2.69 bits per heavy atom. The molecule has 2 amide bonds. The summed E-state index contributed by atoms with van der Waals surface area (Å²) in [7, 11) is 0. The highest BCUT2D eigenvalue weighted by Gasteiger charge is 2.21. The van der Waals surface area contributed by atoms with Crippen LogP contribution in [-0.2, 0) is 6.42 Å². The zero-order valence-electron chi connectivity index (χ0n) is 15.2. The topological polar surface area (TPSA) is 44.4 Å². The van der Waals surface area contributed by atoms with Gasteiger partial charge in [0.1, 0.15) is 0 Å². The molecule has 0 aromatic heterocycles. The highest BCUT2D eigenvalue weighted by atomic mass is 16.2. The highest BCUT2D eigenvalue weighted by molar-refractivity contribution is 5.90. The van der Waals surface area contributed by atoms with Gasteiger partial charge in [-0.2, -0.15) is 0 Å². The summed E-state index contributed by atoms with van der Waals surface area (Å²) in [4.78, 5) is 14.9. The largest absolute Gasteiger partial charge is 0.371 e. The van der Waals surface area contributed by atoms with E-state index in [9.17, 15) is 4.79 Å². The van der Waals surface area contributed by atoms with E-state index in [0.717, 1.165) is 38.0 Å². The molecule has 1 aliphatic carbocycles. The Bertz CT molecular complexity index is 767. The Morgan fingerprint density at radius 2 is 1.81 bits per heavy atom. The molecule has 1 heterocycles. The van der Waals surface area contributed by atoms with Gasteiger partial charge >= 0.3 is 6.03 Å². The van der Waals surface area contributed by atoms with Crippen molar-refractivity contribution >= 4 is 17.4 Å². The lowest BCUT2D eigenvalue weighted by molar-refractivity contribution is 0.247. The monoisotopic (exact) mass is 349 g/mol. The van der Waals surface area contributed by atoms with Gasteiger partial charge in [-0.25, -0.2) is 4.79 Å². The molecule has 4 heteroatoms. The van der Waals surface area contributed by atoms with Gasteiger partial charge in [-0.3, -0.25) is 0 Å². The van der Waals surface area contributed by atoms with Gasteiger partial charge in [0.2, 0.25) is 0 Å². The van der Waals surface area contributed by atoms with E-state index in [1.807, 2.05) is 12.1 Å².